The molecule has 1 unspecified atom stereocenters. The van der Waals surface area contributed by atoms with Crippen molar-refractivity contribution in [3.8, 4) is 0 Å². The first-order valence-corrected chi connectivity index (χ1v) is 14.8. The number of thiazole rings is 1. The van der Waals surface area contributed by atoms with Gasteiger partial charge in [-0.1, -0.05) is 37.0 Å². The van der Waals surface area contributed by atoms with E-state index in [1.54, 1.807) is 6.20 Å². The zero-order chi connectivity index (χ0) is 23.9. The van der Waals surface area contributed by atoms with Crippen LogP contribution in [0.2, 0.25) is 0 Å². The van der Waals surface area contributed by atoms with Gasteiger partial charge < -0.3 is 14.7 Å². The summed E-state index contributed by atoms with van der Waals surface area (Å²) in [5.74, 6) is 1.08. The molecule has 1 aromatic heterocycles. The van der Waals surface area contributed by atoms with Crippen LogP contribution in [-0.2, 0) is 9.53 Å². The van der Waals surface area contributed by atoms with Crippen molar-refractivity contribution >= 4 is 40.2 Å². The minimum Gasteiger partial charge on any atom is -0.481 e. The maximum atomic E-state index is 13.6. The number of anilines is 1. The maximum Gasteiger partial charge on any atom is 0.324 e. The second-order valence-electron chi connectivity index (χ2n) is 10.1. The number of rotatable bonds is 10. The van der Waals surface area contributed by atoms with Gasteiger partial charge in [-0.2, -0.15) is 0 Å². The number of hydrogen-bond donors (Lipinski definition) is 2. The average molecular weight is 510 g/mol. The molecule has 0 aliphatic heterocycles. The number of hydrogen-bond acceptors (Lipinski definition) is 6. The third-order valence-corrected chi connectivity index (χ3v) is 9.78. The predicted octanol–water partition coefficient (Wildman–Crippen LogP) is 6.25. The Labute approximate surface area is 211 Å². The van der Waals surface area contributed by atoms with E-state index in [9.17, 15) is 9.59 Å². The highest BCUT2D eigenvalue weighted by Gasteiger charge is 2.40. The number of methoxy groups -OCH3 is 1. The number of nitrogens with one attached hydrogen (secondary N) is 1. The van der Waals surface area contributed by atoms with Crippen LogP contribution in [0.25, 0.3) is 0 Å². The molecule has 0 spiro atoms. The molecule has 0 radical (unpaired) electrons. The first kappa shape index (κ1) is 25.8. The fourth-order valence-corrected chi connectivity index (χ4v) is 7.71. The van der Waals surface area contributed by atoms with Gasteiger partial charge in [0.05, 0.1) is 22.9 Å². The molecule has 1 aromatic rings. The monoisotopic (exact) mass is 509 g/mol. The van der Waals surface area contributed by atoms with Crippen LogP contribution < -0.4 is 5.32 Å². The van der Waals surface area contributed by atoms with E-state index in [2.05, 4.69) is 15.2 Å². The van der Waals surface area contributed by atoms with Crippen LogP contribution in [-0.4, -0.2) is 58.0 Å². The van der Waals surface area contributed by atoms with Gasteiger partial charge in [0, 0.05) is 24.9 Å². The first-order valence-electron chi connectivity index (χ1n) is 13.0. The zero-order valence-corrected chi connectivity index (χ0v) is 21.9. The van der Waals surface area contributed by atoms with Gasteiger partial charge in [0.25, 0.3) is 0 Å². The number of carboxylic acid groups (broad SMARTS) is 1. The number of ether oxygens (including phenoxy) is 1. The number of aliphatic carboxylic acids is 1. The number of urea groups is 1. The number of amides is 2. The maximum absolute atomic E-state index is 13.6. The van der Waals surface area contributed by atoms with Crippen LogP contribution in [0.1, 0.15) is 83.5 Å². The molecule has 1 atom stereocenters. The number of nitrogens with zero attached hydrogens (tertiary/aromatic N) is 2. The first-order chi connectivity index (χ1) is 16.5. The topological polar surface area (TPSA) is 91.8 Å². The van der Waals surface area contributed by atoms with Gasteiger partial charge in [-0.25, -0.2) is 9.78 Å². The SMILES string of the molecule is COC(C1CC1)C1CCC(N(C(=O)Nc2ncc(SCCC(=O)O)s2)C2CCCCCC2)CC1. The van der Waals surface area contributed by atoms with Gasteiger partial charge >= 0.3 is 12.0 Å². The van der Waals surface area contributed by atoms with E-state index in [1.165, 1.54) is 61.6 Å². The van der Waals surface area contributed by atoms with E-state index < -0.39 is 5.97 Å². The number of carbonyl (C=O) groups excluding carboxylic acids is 1. The van der Waals surface area contributed by atoms with Crippen molar-refractivity contribution in [3.05, 3.63) is 6.20 Å². The summed E-state index contributed by atoms with van der Waals surface area (Å²) in [6.45, 7) is 0. The van der Waals surface area contributed by atoms with Gasteiger partial charge in [-0.05, 0) is 63.2 Å². The molecule has 1 heterocycles. The Kier molecular flexibility index (Phi) is 9.53. The molecule has 0 bridgehead atoms. The minimum absolute atomic E-state index is 0.0164. The van der Waals surface area contributed by atoms with Gasteiger partial charge in [0.2, 0.25) is 0 Å². The number of carboxylic acids is 1. The lowest BCUT2D eigenvalue weighted by molar-refractivity contribution is -0.136. The molecule has 3 aliphatic carbocycles. The summed E-state index contributed by atoms with van der Waals surface area (Å²) in [4.78, 5) is 30.9. The molecule has 3 fully saturated rings. The summed E-state index contributed by atoms with van der Waals surface area (Å²) in [6.07, 6.45) is 16.3. The second kappa shape index (κ2) is 12.6. The molecular weight excluding hydrogens is 470 g/mol. The molecular formula is C25H39N3O4S2. The Hall–Kier alpha value is -1.32. The van der Waals surface area contributed by atoms with Crippen LogP contribution in [0.5, 0.6) is 0 Å². The second-order valence-corrected chi connectivity index (χ2v) is 12.5. The quantitative estimate of drug-likeness (QED) is 0.286. The Balaban J connectivity index is 1.39. The van der Waals surface area contributed by atoms with Crippen molar-refractivity contribution in [1.29, 1.82) is 0 Å². The van der Waals surface area contributed by atoms with E-state index in [-0.39, 0.29) is 18.5 Å². The summed E-state index contributed by atoms with van der Waals surface area (Å²) < 4.78 is 6.81. The Morgan fingerprint density at radius 2 is 1.71 bits per heavy atom. The van der Waals surface area contributed by atoms with Crippen LogP contribution >= 0.6 is 23.1 Å². The summed E-state index contributed by atoms with van der Waals surface area (Å²) in [6, 6.07) is 0.563. The third-order valence-electron chi connectivity index (χ3n) is 7.67. The standard InChI is InChI=1S/C25H39N3O4S2/c1-32-23(17-8-9-17)18-10-12-20(13-11-18)28(19-6-4-2-3-5-7-19)25(31)27-24-26-16-22(34-24)33-15-14-21(29)30/h16-20,23H,2-15H2,1H3,(H,29,30)(H,26,27,31). The highest BCUT2D eigenvalue weighted by atomic mass is 32.2. The van der Waals surface area contributed by atoms with Crippen molar-refractivity contribution < 1.29 is 19.4 Å². The van der Waals surface area contributed by atoms with Crippen molar-refractivity contribution in [2.75, 3.05) is 18.2 Å². The van der Waals surface area contributed by atoms with Crippen molar-refractivity contribution in [2.45, 2.75) is 106 Å². The molecule has 34 heavy (non-hydrogen) atoms. The highest BCUT2D eigenvalue weighted by molar-refractivity contribution is 8.01. The fraction of sp³-hybridized carbons (Fsp3) is 0.800. The smallest absolute Gasteiger partial charge is 0.324 e. The molecule has 2 N–H and O–H groups in total. The Morgan fingerprint density at radius 1 is 1.09 bits per heavy atom. The van der Waals surface area contributed by atoms with E-state index in [0.29, 0.717) is 28.9 Å². The van der Waals surface area contributed by atoms with Crippen LogP contribution in [0, 0.1) is 11.8 Å². The predicted molar refractivity (Wildman–Crippen MR) is 137 cm³/mol. The lowest BCUT2D eigenvalue weighted by atomic mass is 9.80. The van der Waals surface area contributed by atoms with Gasteiger partial charge in [0.15, 0.2) is 5.13 Å². The summed E-state index contributed by atoms with van der Waals surface area (Å²) in [7, 11) is 1.86. The molecule has 3 saturated carbocycles. The molecule has 0 saturated heterocycles. The summed E-state index contributed by atoms with van der Waals surface area (Å²) in [5, 5.41) is 12.5. The van der Waals surface area contributed by atoms with Gasteiger partial charge in [-0.15, -0.1) is 11.8 Å². The number of aromatic nitrogens is 1. The van der Waals surface area contributed by atoms with Crippen LogP contribution in [0.4, 0.5) is 9.93 Å². The molecule has 190 valence electrons. The Morgan fingerprint density at radius 3 is 2.29 bits per heavy atom. The van der Waals surface area contributed by atoms with E-state index >= 15 is 0 Å². The van der Waals surface area contributed by atoms with Crippen LogP contribution in [0.15, 0.2) is 10.4 Å². The fourth-order valence-electron chi connectivity index (χ4n) is 5.85. The molecule has 9 heteroatoms. The minimum atomic E-state index is -0.798. The summed E-state index contributed by atoms with van der Waals surface area (Å²) in [5.41, 5.74) is 0. The number of thioether (sulfide) groups is 1. The van der Waals surface area contributed by atoms with Gasteiger partial charge in [0.1, 0.15) is 0 Å². The van der Waals surface area contributed by atoms with Crippen molar-refractivity contribution in [3.63, 3.8) is 0 Å². The molecule has 3 aliphatic rings. The third kappa shape index (κ3) is 7.10. The van der Waals surface area contributed by atoms with Crippen LogP contribution in [0.3, 0.4) is 0 Å². The highest BCUT2D eigenvalue weighted by Crippen LogP contribution is 2.43. The zero-order valence-electron chi connectivity index (χ0n) is 20.2. The lowest BCUT2D eigenvalue weighted by Gasteiger charge is -2.42. The summed E-state index contributed by atoms with van der Waals surface area (Å²) >= 11 is 2.90. The van der Waals surface area contributed by atoms with E-state index in [4.69, 9.17) is 9.84 Å². The molecule has 4 rings (SSSR count). The molecule has 7 nitrogen and oxygen atoms in total. The van der Waals surface area contributed by atoms with E-state index in [1.807, 2.05) is 7.11 Å². The Bertz CT molecular complexity index is 800. The average Bonchev–Trinajstić information content (AvgIpc) is 3.61. The van der Waals surface area contributed by atoms with Crippen molar-refractivity contribution in [2.24, 2.45) is 11.8 Å². The number of carbonyl (C=O) groups is 2. The largest absolute Gasteiger partial charge is 0.481 e. The molecule has 2 amide bonds. The van der Waals surface area contributed by atoms with Crippen molar-refractivity contribution in [1.82, 2.24) is 9.88 Å². The molecule has 0 aromatic carbocycles. The van der Waals surface area contributed by atoms with Gasteiger partial charge in [-0.3, -0.25) is 10.1 Å². The van der Waals surface area contributed by atoms with E-state index in [0.717, 1.165) is 48.7 Å². The normalized spacial score (nSPS) is 24.9. The lowest BCUT2D eigenvalue weighted by Crippen LogP contribution is -2.51.